The van der Waals surface area contributed by atoms with Crippen molar-refractivity contribution >= 4 is 11.8 Å². The van der Waals surface area contributed by atoms with Crippen LogP contribution in [0.25, 0.3) is 0 Å². The molecule has 0 saturated heterocycles. The van der Waals surface area contributed by atoms with E-state index in [2.05, 4.69) is 6.92 Å². The van der Waals surface area contributed by atoms with Crippen molar-refractivity contribution in [1.29, 1.82) is 0 Å². The summed E-state index contributed by atoms with van der Waals surface area (Å²) in [5, 5.41) is 0. The summed E-state index contributed by atoms with van der Waals surface area (Å²) < 4.78 is 17.7. The standard InChI is InChI=1S/C33H48O5/c1-12-13-14-15-18-37-29-21(2)19-26(20-22(29)3)27(34)16-17-33(10)25(6)23(4)28(24(5)30(33)36-11)31(35)38-32(7,8)9/h16-17,19-20,30H,12-15,18H2,1-11H3. The summed E-state index contributed by atoms with van der Waals surface area (Å²) in [6.07, 6.45) is 7.75. The Morgan fingerprint density at radius 3 is 2.13 bits per heavy atom. The molecule has 2 atom stereocenters. The highest BCUT2D eigenvalue weighted by Gasteiger charge is 2.43. The number of allylic oxidation sites excluding steroid dienone is 1. The summed E-state index contributed by atoms with van der Waals surface area (Å²) in [6, 6.07) is 3.80. The monoisotopic (exact) mass is 524 g/mol. The van der Waals surface area contributed by atoms with Crippen LogP contribution in [0.5, 0.6) is 5.75 Å². The molecular weight excluding hydrogens is 476 g/mol. The Balaban J connectivity index is 2.32. The van der Waals surface area contributed by atoms with Gasteiger partial charge in [-0.05, 0) is 109 Å². The van der Waals surface area contributed by atoms with E-state index in [1.54, 1.807) is 13.2 Å². The SMILES string of the molecule is CCCCCCOc1c(C)cc(C(=O)C=CC2(C)C(C)=C(C)C(C(=O)OC(C)(C)C)=C(C)C2OC)cc1C. The van der Waals surface area contributed by atoms with Gasteiger partial charge in [0.05, 0.1) is 18.3 Å². The van der Waals surface area contributed by atoms with Crippen molar-refractivity contribution in [2.24, 2.45) is 5.41 Å². The fourth-order valence-corrected chi connectivity index (χ4v) is 5.31. The molecule has 0 radical (unpaired) electrons. The Kier molecular flexibility index (Phi) is 10.7. The highest BCUT2D eigenvalue weighted by Crippen LogP contribution is 2.46. The Labute approximate surface area is 230 Å². The number of methoxy groups -OCH3 is 1. The molecule has 0 aliphatic heterocycles. The van der Waals surface area contributed by atoms with E-state index in [1.807, 2.05) is 80.5 Å². The maximum Gasteiger partial charge on any atom is 0.338 e. The molecule has 1 aromatic rings. The van der Waals surface area contributed by atoms with Gasteiger partial charge >= 0.3 is 5.97 Å². The number of rotatable bonds is 11. The van der Waals surface area contributed by atoms with Gasteiger partial charge in [-0.1, -0.05) is 37.8 Å². The molecule has 0 aromatic heterocycles. The van der Waals surface area contributed by atoms with Crippen molar-refractivity contribution in [3.05, 3.63) is 63.3 Å². The molecule has 0 fully saturated rings. The predicted molar refractivity (Wildman–Crippen MR) is 155 cm³/mol. The lowest BCUT2D eigenvalue weighted by Gasteiger charge is -2.42. The third-order valence-electron chi connectivity index (χ3n) is 7.49. The number of ether oxygens (including phenoxy) is 3. The highest BCUT2D eigenvalue weighted by atomic mass is 16.6. The number of benzene rings is 1. The topological polar surface area (TPSA) is 61.8 Å². The maximum atomic E-state index is 13.3. The number of aryl methyl sites for hydroxylation is 2. The zero-order chi connectivity index (χ0) is 28.8. The number of carbonyl (C=O) groups excluding carboxylic acids is 2. The van der Waals surface area contributed by atoms with Crippen LogP contribution in [0, 0.1) is 19.3 Å². The molecule has 2 rings (SSSR count). The van der Waals surface area contributed by atoms with Crippen molar-refractivity contribution in [2.45, 2.75) is 107 Å². The largest absolute Gasteiger partial charge is 0.493 e. The third kappa shape index (κ3) is 7.25. The minimum atomic E-state index is -0.601. The van der Waals surface area contributed by atoms with Crippen LogP contribution in [0.15, 0.2) is 46.6 Å². The van der Waals surface area contributed by atoms with E-state index >= 15 is 0 Å². The molecule has 1 aliphatic carbocycles. The van der Waals surface area contributed by atoms with Gasteiger partial charge in [0, 0.05) is 18.1 Å². The lowest BCUT2D eigenvalue weighted by Crippen LogP contribution is -2.40. The van der Waals surface area contributed by atoms with Gasteiger partial charge in [0.2, 0.25) is 0 Å². The fourth-order valence-electron chi connectivity index (χ4n) is 5.31. The van der Waals surface area contributed by atoms with Crippen LogP contribution in [-0.4, -0.2) is 37.2 Å². The molecule has 38 heavy (non-hydrogen) atoms. The summed E-state index contributed by atoms with van der Waals surface area (Å²) in [5.74, 6) is 0.437. The summed E-state index contributed by atoms with van der Waals surface area (Å²) >= 11 is 0. The van der Waals surface area contributed by atoms with E-state index in [0.717, 1.165) is 40.0 Å². The lowest BCUT2D eigenvalue weighted by molar-refractivity contribution is -0.149. The van der Waals surface area contributed by atoms with Gasteiger partial charge in [-0.25, -0.2) is 4.79 Å². The van der Waals surface area contributed by atoms with Crippen molar-refractivity contribution in [1.82, 2.24) is 0 Å². The first-order valence-corrected chi connectivity index (χ1v) is 13.8. The summed E-state index contributed by atoms with van der Waals surface area (Å²) in [6.45, 7) is 20.3. The zero-order valence-corrected chi connectivity index (χ0v) is 25.5. The zero-order valence-electron chi connectivity index (χ0n) is 25.5. The Hall–Kier alpha value is -2.66. The van der Waals surface area contributed by atoms with Gasteiger partial charge in [0.25, 0.3) is 0 Å². The van der Waals surface area contributed by atoms with E-state index in [0.29, 0.717) is 17.7 Å². The van der Waals surface area contributed by atoms with Gasteiger partial charge < -0.3 is 14.2 Å². The molecule has 0 amide bonds. The molecular formula is C33H48O5. The minimum absolute atomic E-state index is 0.0770. The highest BCUT2D eigenvalue weighted by molar-refractivity contribution is 6.05. The maximum absolute atomic E-state index is 13.3. The molecule has 5 heteroatoms. The number of ketones is 1. The van der Waals surface area contributed by atoms with E-state index in [9.17, 15) is 9.59 Å². The second-order valence-corrected chi connectivity index (χ2v) is 11.8. The molecule has 0 heterocycles. The van der Waals surface area contributed by atoms with E-state index < -0.39 is 17.1 Å². The third-order valence-corrected chi connectivity index (χ3v) is 7.49. The summed E-state index contributed by atoms with van der Waals surface area (Å²) in [4.78, 5) is 26.4. The molecule has 1 aromatic carbocycles. The normalized spacial score (nSPS) is 20.3. The van der Waals surface area contributed by atoms with Crippen LogP contribution in [-0.2, 0) is 14.3 Å². The van der Waals surface area contributed by atoms with Crippen LogP contribution in [0.4, 0.5) is 0 Å². The molecule has 0 spiro atoms. The van der Waals surface area contributed by atoms with Gasteiger partial charge in [-0.2, -0.15) is 0 Å². The summed E-state index contributed by atoms with van der Waals surface area (Å²) in [5.41, 5.74) is 4.54. The Morgan fingerprint density at radius 2 is 1.61 bits per heavy atom. The molecule has 2 unspecified atom stereocenters. The smallest absolute Gasteiger partial charge is 0.338 e. The quantitative estimate of drug-likeness (QED) is 0.127. The van der Waals surface area contributed by atoms with Gasteiger partial charge in [0.1, 0.15) is 11.4 Å². The first kappa shape index (κ1) is 31.6. The second-order valence-electron chi connectivity index (χ2n) is 11.8. The second kappa shape index (κ2) is 12.9. The van der Waals surface area contributed by atoms with Crippen LogP contribution in [0.2, 0.25) is 0 Å². The molecule has 0 saturated carbocycles. The lowest BCUT2D eigenvalue weighted by atomic mass is 9.67. The average Bonchev–Trinajstić information content (AvgIpc) is 2.81. The summed E-state index contributed by atoms with van der Waals surface area (Å²) in [7, 11) is 1.64. The first-order valence-electron chi connectivity index (χ1n) is 13.8. The Bertz CT molecular complexity index is 1110. The average molecular weight is 525 g/mol. The van der Waals surface area contributed by atoms with Crippen molar-refractivity contribution < 1.29 is 23.8 Å². The van der Waals surface area contributed by atoms with E-state index in [1.165, 1.54) is 19.3 Å². The van der Waals surface area contributed by atoms with Crippen molar-refractivity contribution in [2.75, 3.05) is 13.7 Å². The van der Waals surface area contributed by atoms with Crippen LogP contribution >= 0.6 is 0 Å². The molecule has 5 nitrogen and oxygen atoms in total. The number of unbranched alkanes of at least 4 members (excludes halogenated alkanes) is 3. The van der Waals surface area contributed by atoms with Crippen LogP contribution < -0.4 is 4.74 Å². The number of hydrogen-bond donors (Lipinski definition) is 0. The van der Waals surface area contributed by atoms with Crippen LogP contribution in [0.1, 0.15) is 103 Å². The molecule has 1 aliphatic rings. The van der Waals surface area contributed by atoms with E-state index in [-0.39, 0.29) is 11.8 Å². The van der Waals surface area contributed by atoms with E-state index in [4.69, 9.17) is 14.2 Å². The molecule has 210 valence electrons. The van der Waals surface area contributed by atoms with Gasteiger partial charge in [-0.3, -0.25) is 4.79 Å². The van der Waals surface area contributed by atoms with Crippen LogP contribution in [0.3, 0.4) is 0 Å². The number of hydrogen-bond acceptors (Lipinski definition) is 5. The molecule has 0 N–H and O–H groups in total. The Morgan fingerprint density at radius 1 is 1.00 bits per heavy atom. The number of esters is 1. The van der Waals surface area contributed by atoms with Crippen molar-refractivity contribution in [3.8, 4) is 5.75 Å². The van der Waals surface area contributed by atoms with Gasteiger partial charge in [0.15, 0.2) is 5.78 Å². The predicted octanol–water partition coefficient (Wildman–Crippen LogP) is 8.03. The first-order chi connectivity index (χ1) is 17.7. The minimum Gasteiger partial charge on any atom is -0.493 e. The molecule has 0 bridgehead atoms. The fraction of sp³-hybridized carbons (Fsp3) is 0.576. The van der Waals surface area contributed by atoms with Gasteiger partial charge in [-0.15, -0.1) is 0 Å². The van der Waals surface area contributed by atoms with Crippen molar-refractivity contribution in [3.63, 3.8) is 0 Å². The number of carbonyl (C=O) groups is 2.